The molecule has 0 aliphatic rings. The highest BCUT2D eigenvalue weighted by atomic mass is 19.1. The fourth-order valence-corrected chi connectivity index (χ4v) is 1.58. The van der Waals surface area contributed by atoms with Crippen LogP contribution in [0.1, 0.15) is 12.5 Å². The van der Waals surface area contributed by atoms with Gasteiger partial charge in [0.25, 0.3) is 0 Å². The van der Waals surface area contributed by atoms with Crippen molar-refractivity contribution in [1.29, 1.82) is 0 Å². The molecule has 0 amide bonds. The molecule has 4 heteroatoms. The Kier molecular flexibility index (Phi) is 4.25. The van der Waals surface area contributed by atoms with E-state index in [1.165, 1.54) is 12.1 Å². The highest BCUT2D eigenvalue weighted by Crippen LogP contribution is 2.25. The Labute approximate surface area is 106 Å². The Morgan fingerprint density at radius 2 is 2.22 bits per heavy atom. The quantitative estimate of drug-likeness (QED) is 0.880. The SMILES string of the molecule is CCNCc1cc(F)ccc1Oc1cccnc1. The molecule has 2 rings (SSSR count). The Bertz CT molecular complexity index is 502. The summed E-state index contributed by atoms with van der Waals surface area (Å²) < 4.78 is 18.9. The van der Waals surface area contributed by atoms with Crippen LogP contribution in [-0.4, -0.2) is 11.5 Å². The van der Waals surface area contributed by atoms with Gasteiger partial charge in [0.15, 0.2) is 0 Å². The van der Waals surface area contributed by atoms with Gasteiger partial charge in [-0.1, -0.05) is 6.92 Å². The van der Waals surface area contributed by atoms with Crippen molar-refractivity contribution < 1.29 is 9.13 Å². The second-order valence-corrected chi connectivity index (χ2v) is 3.82. The van der Waals surface area contributed by atoms with Crippen LogP contribution in [0, 0.1) is 5.82 Å². The first-order valence-electron chi connectivity index (χ1n) is 5.86. The van der Waals surface area contributed by atoms with Gasteiger partial charge in [0.05, 0.1) is 6.20 Å². The van der Waals surface area contributed by atoms with E-state index in [9.17, 15) is 4.39 Å². The van der Waals surface area contributed by atoms with E-state index in [1.807, 2.05) is 13.0 Å². The Morgan fingerprint density at radius 1 is 1.33 bits per heavy atom. The molecular weight excluding hydrogens is 231 g/mol. The largest absolute Gasteiger partial charge is 0.455 e. The van der Waals surface area contributed by atoms with Crippen molar-refractivity contribution in [2.24, 2.45) is 0 Å². The molecule has 0 aliphatic carbocycles. The first-order chi connectivity index (χ1) is 8.79. The van der Waals surface area contributed by atoms with E-state index in [2.05, 4.69) is 10.3 Å². The normalized spacial score (nSPS) is 10.3. The molecule has 0 unspecified atom stereocenters. The third-order valence-electron chi connectivity index (χ3n) is 2.45. The summed E-state index contributed by atoms with van der Waals surface area (Å²) in [7, 11) is 0. The number of halogens is 1. The monoisotopic (exact) mass is 246 g/mol. The first kappa shape index (κ1) is 12.5. The van der Waals surface area contributed by atoms with Crippen molar-refractivity contribution in [2.45, 2.75) is 13.5 Å². The lowest BCUT2D eigenvalue weighted by Crippen LogP contribution is -2.12. The van der Waals surface area contributed by atoms with Crippen molar-refractivity contribution in [1.82, 2.24) is 10.3 Å². The van der Waals surface area contributed by atoms with E-state index in [0.29, 0.717) is 18.0 Å². The van der Waals surface area contributed by atoms with E-state index in [1.54, 1.807) is 24.5 Å². The number of pyridine rings is 1. The van der Waals surface area contributed by atoms with Gasteiger partial charge in [0.1, 0.15) is 17.3 Å². The van der Waals surface area contributed by atoms with Crippen molar-refractivity contribution in [3.63, 3.8) is 0 Å². The van der Waals surface area contributed by atoms with Crippen LogP contribution in [0.15, 0.2) is 42.7 Å². The van der Waals surface area contributed by atoms with Crippen LogP contribution in [0.5, 0.6) is 11.5 Å². The summed E-state index contributed by atoms with van der Waals surface area (Å²) in [5.74, 6) is 1.02. The van der Waals surface area contributed by atoms with Gasteiger partial charge in [-0.25, -0.2) is 4.39 Å². The van der Waals surface area contributed by atoms with Crippen LogP contribution < -0.4 is 10.1 Å². The van der Waals surface area contributed by atoms with Crippen molar-refractivity contribution >= 4 is 0 Å². The minimum absolute atomic E-state index is 0.263. The first-order valence-corrected chi connectivity index (χ1v) is 5.86. The van der Waals surface area contributed by atoms with E-state index in [4.69, 9.17) is 4.74 Å². The second-order valence-electron chi connectivity index (χ2n) is 3.82. The fraction of sp³-hybridized carbons (Fsp3) is 0.214. The van der Waals surface area contributed by atoms with Crippen LogP contribution in [0.2, 0.25) is 0 Å². The average Bonchev–Trinajstić information content (AvgIpc) is 2.40. The van der Waals surface area contributed by atoms with Crippen molar-refractivity contribution in [3.8, 4) is 11.5 Å². The molecule has 94 valence electrons. The maximum atomic E-state index is 13.2. The number of nitrogens with zero attached hydrogens (tertiary/aromatic N) is 1. The lowest BCUT2D eigenvalue weighted by Gasteiger charge is -2.11. The highest BCUT2D eigenvalue weighted by molar-refractivity contribution is 5.37. The molecule has 0 atom stereocenters. The Morgan fingerprint density at radius 3 is 2.94 bits per heavy atom. The lowest BCUT2D eigenvalue weighted by molar-refractivity contribution is 0.468. The fourth-order valence-electron chi connectivity index (χ4n) is 1.58. The molecule has 0 spiro atoms. The molecule has 0 fully saturated rings. The number of aromatic nitrogens is 1. The maximum Gasteiger partial charge on any atom is 0.145 e. The zero-order valence-corrected chi connectivity index (χ0v) is 10.2. The molecular formula is C14H15FN2O. The molecule has 0 saturated heterocycles. The molecule has 1 N–H and O–H groups in total. The van der Waals surface area contributed by atoms with Crippen LogP contribution in [0.3, 0.4) is 0 Å². The van der Waals surface area contributed by atoms with Gasteiger partial charge in [-0.2, -0.15) is 0 Å². The van der Waals surface area contributed by atoms with Crippen LogP contribution in [-0.2, 0) is 6.54 Å². The van der Waals surface area contributed by atoms with Gasteiger partial charge in [0.2, 0.25) is 0 Å². The highest BCUT2D eigenvalue weighted by Gasteiger charge is 2.06. The van der Waals surface area contributed by atoms with E-state index < -0.39 is 0 Å². The van der Waals surface area contributed by atoms with Gasteiger partial charge in [-0.05, 0) is 36.9 Å². The predicted molar refractivity (Wildman–Crippen MR) is 68.1 cm³/mol. The number of hydrogen-bond acceptors (Lipinski definition) is 3. The molecule has 0 saturated carbocycles. The summed E-state index contributed by atoms with van der Waals surface area (Å²) in [6, 6.07) is 8.11. The Balaban J connectivity index is 2.21. The van der Waals surface area contributed by atoms with Crippen LogP contribution >= 0.6 is 0 Å². The standard InChI is InChI=1S/C14H15FN2O/c1-2-16-9-11-8-12(15)5-6-14(11)18-13-4-3-7-17-10-13/h3-8,10,16H,2,9H2,1H3. The molecule has 18 heavy (non-hydrogen) atoms. The van der Waals surface area contributed by atoms with E-state index in [-0.39, 0.29) is 5.82 Å². The smallest absolute Gasteiger partial charge is 0.145 e. The second kappa shape index (κ2) is 6.12. The predicted octanol–water partition coefficient (Wildman–Crippen LogP) is 3.12. The summed E-state index contributed by atoms with van der Waals surface area (Å²) in [5, 5.41) is 3.16. The molecule has 0 bridgehead atoms. The zero-order chi connectivity index (χ0) is 12.8. The minimum atomic E-state index is -0.263. The van der Waals surface area contributed by atoms with Gasteiger partial charge >= 0.3 is 0 Å². The molecule has 1 aromatic heterocycles. The molecule has 1 aromatic carbocycles. The van der Waals surface area contributed by atoms with Gasteiger partial charge in [-0.3, -0.25) is 4.98 Å². The minimum Gasteiger partial charge on any atom is -0.455 e. The van der Waals surface area contributed by atoms with Crippen LogP contribution in [0.25, 0.3) is 0 Å². The topological polar surface area (TPSA) is 34.1 Å². The third-order valence-corrected chi connectivity index (χ3v) is 2.45. The van der Waals surface area contributed by atoms with Crippen molar-refractivity contribution in [3.05, 3.63) is 54.1 Å². The summed E-state index contributed by atoms with van der Waals surface area (Å²) in [6.07, 6.45) is 3.30. The molecule has 0 radical (unpaired) electrons. The number of benzene rings is 1. The maximum absolute atomic E-state index is 13.2. The van der Waals surface area contributed by atoms with E-state index >= 15 is 0 Å². The van der Waals surface area contributed by atoms with Gasteiger partial charge in [0, 0.05) is 18.3 Å². The van der Waals surface area contributed by atoms with Crippen molar-refractivity contribution in [2.75, 3.05) is 6.54 Å². The van der Waals surface area contributed by atoms with E-state index in [0.717, 1.165) is 12.1 Å². The summed E-state index contributed by atoms with van der Waals surface area (Å²) in [4.78, 5) is 3.98. The summed E-state index contributed by atoms with van der Waals surface area (Å²) >= 11 is 0. The molecule has 1 heterocycles. The van der Waals surface area contributed by atoms with Crippen LogP contribution in [0.4, 0.5) is 4.39 Å². The molecule has 3 nitrogen and oxygen atoms in total. The van der Waals surface area contributed by atoms with Gasteiger partial charge < -0.3 is 10.1 Å². The third kappa shape index (κ3) is 3.28. The average molecular weight is 246 g/mol. The zero-order valence-electron chi connectivity index (χ0n) is 10.2. The number of nitrogens with one attached hydrogen (secondary N) is 1. The number of rotatable bonds is 5. The molecule has 0 aliphatic heterocycles. The summed E-state index contributed by atoms with van der Waals surface area (Å²) in [6.45, 7) is 3.40. The molecule has 2 aromatic rings. The number of ether oxygens (including phenoxy) is 1. The lowest BCUT2D eigenvalue weighted by atomic mass is 10.2. The summed E-state index contributed by atoms with van der Waals surface area (Å²) in [5.41, 5.74) is 0.792. The van der Waals surface area contributed by atoms with Gasteiger partial charge in [-0.15, -0.1) is 0 Å². The number of hydrogen-bond donors (Lipinski definition) is 1. The Hall–Kier alpha value is -1.94.